The molecule has 0 atom stereocenters. The van der Waals surface area contributed by atoms with Crippen LogP contribution < -0.4 is 14.2 Å². The van der Waals surface area contributed by atoms with Gasteiger partial charge < -0.3 is 14.2 Å². The lowest BCUT2D eigenvalue weighted by Crippen LogP contribution is -2.13. The van der Waals surface area contributed by atoms with E-state index < -0.39 is 34.9 Å². The summed E-state index contributed by atoms with van der Waals surface area (Å²) in [6.45, 7) is 6.77. The third-order valence-electron chi connectivity index (χ3n) is 17.3. The van der Waals surface area contributed by atoms with Crippen LogP contribution in [0.25, 0.3) is 33.4 Å². The van der Waals surface area contributed by atoms with Crippen molar-refractivity contribution >= 4 is 0 Å². The molecule has 0 amide bonds. The monoisotopic (exact) mass is 1070 g/mol. The predicted octanol–water partition coefficient (Wildman–Crippen LogP) is 21.3. The van der Waals surface area contributed by atoms with Gasteiger partial charge >= 0.3 is 0 Å². The largest absolute Gasteiger partial charge is 0.494 e. The van der Waals surface area contributed by atoms with Crippen LogP contribution >= 0.6 is 0 Å². The molecule has 0 radical (unpaired) electrons. The van der Waals surface area contributed by atoms with Crippen LogP contribution in [0.1, 0.15) is 190 Å². The van der Waals surface area contributed by atoms with Gasteiger partial charge in [0.1, 0.15) is 0 Å². The second kappa shape index (κ2) is 30.0. The van der Waals surface area contributed by atoms with Gasteiger partial charge in [0.15, 0.2) is 34.7 Å². The summed E-state index contributed by atoms with van der Waals surface area (Å²) >= 11 is 0. The van der Waals surface area contributed by atoms with Gasteiger partial charge in [-0.2, -0.15) is 13.2 Å². The number of rotatable bonds is 18. The second-order valence-electron chi connectivity index (χ2n) is 22.3. The minimum absolute atomic E-state index is 0.0661. The molecule has 3 fully saturated rings. The van der Waals surface area contributed by atoms with Crippen LogP contribution in [-0.2, 0) is 0 Å². The fourth-order valence-corrected chi connectivity index (χ4v) is 12.5. The van der Waals surface area contributed by atoms with Crippen molar-refractivity contribution in [2.45, 2.75) is 173 Å². The highest BCUT2D eigenvalue weighted by molar-refractivity contribution is 5.68. The van der Waals surface area contributed by atoms with Gasteiger partial charge in [0.05, 0.1) is 21.3 Å². The van der Waals surface area contributed by atoms with Crippen LogP contribution in [-0.4, -0.2) is 21.3 Å². The number of unbranched alkanes of at least 4 members (excludes halogenated alkanes) is 3. The molecular weight excluding hydrogens is 991 g/mol. The first-order chi connectivity index (χ1) is 37.9. The molecule has 9 rings (SSSR count). The van der Waals surface area contributed by atoms with Gasteiger partial charge in [-0.25, -0.2) is 13.2 Å². The lowest BCUT2D eigenvalue weighted by Gasteiger charge is -2.29. The first kappa shape index (κ1) is 60.0. The molecule has 0 aromatic heterocycles. The van der Waals surface area contributed by atoms with E-state index in [9.17, 15) is 26.3 Å². The molecule has 9 heteroatoms. The van der Waals surface area contributed by atoms with E-state index in [0.29, 0.717) is 34.4 Å². The van der Waals surface area contributed by atoms with Crippen LogP contribution in [0.15, 0.2) is 109 Å². The summed E-state index contributed by atoms with van der Waals surface area (Å²) in [4.78, 5) is 0. The Bertz CT molecular complexity index is 2750. The Labute approximate surface area is 462 Å². The third kappa shape index (κ3) is 15.6. The number of methoxy groups -OCH3 is 3. The average Bonchev–Trinajstić information content (AvgIpc) is 3.50. The molecule has 3 saturated carbocycles. The van der Waals surface area contributed by atoms with Crippen molar-refractivity contribution in [2.75, 3.05) is 21.3 Å². The Morgan fingerprint density at radius 1 is 0.308 bits per heavy atom. The van der Waals surface area contributed by atoms with Gasteiger partial charge in [0, 0.05) is 16.7 Å². The molecule has 3 nitrogen and oxygen atoms in total. The normalized spacial score (nSPS) is 20.2. The minimum Gasteiger partial charge on any atom is -0.494 e. The molecule has 420 valence electrons. The number of ether oxygens (including phenoxy) is 3. The minimum atomic E-state index is -0.932. The molecule has 3 aliphatic carbocycles. The van der Waals surface area contributed by atoms with Gasteiger partial charge in [-0.05, 0) is 182 Å². The highest BCUT2D eigenvalue weighted by Crippen LogP contribution is 2.42. The molecule has 0 aliphatic heterocycles. The summed E-state index contributed by atoms with van der Waals surface area (Å²) in [6.07, 6.45) is 27.3. The maximum Gasteiger partial charge on any atom is 0.201 e. The van der Waals surface area contributed by atoms with Gasteiger partial charge in [0.25, 0.3) is 0 Å². The number of benzene rings is 6. The number of halogens is 6. The second-order valence-corrected chi connectivity index (χ2v) is 22.3. The smallest absolute Gasteiger partial charge is 0.201 e. The van der Waals surface area contributed by atoms with E-state index in [1.165, 1.54) is 191 Å². The van der Waals surface area contributed by atoms with Crippen LogP contribution in [0, 0.1) is 52.7 Å². The highest BCUT2D eigenvalue weighted by atomic mass is 19.2. The average molecular weight is 1080 g/mol. The van der Waals surface area contributed by atoms with Crippen LogP contribution in [0.5, 0.6) is 17.2 Å². The zero-order valence-electron chi connectivity index (χ0n) is 47.2. The lowest BCUT2D eigenvalue weighted by molar-refractivity contribution is 0.303. The highest BCUT2D eigenvalue weighted by Gasteiger charge is 2.26. The SMILES string of the molecule is CCCC1CCC(c2ccc(-c3ccc(OC)c(F)c3F)cc2)CC1.CCCCC1CCC(c2ccc(-c3ccc(OC)c(F)c3F)cc2)CC1.CCCCCC1CCC(c2ccc(-c3ccc(OC)c(F)c3F)cc2)CC1. The Morgan fingerprint density at radius 2 is 0.590 bits per heavy atom. The van der Waals surface area contributed by atoms with E-state index in [4.69, 9.17) is 14.2 Å². The molecule has 0 spiro atoms. The van der Waals surface area contributed by atoms with E-state index in [1.54, 1.807) is 18.2 Å². The maximum absolute atomic E-state index is 14.3. The summed E-state index contributed by atoms with van der Waals surface area (Å²) in [5.41, 5.74) is 6.87. The van der Waals surface area contributed by atoms with Crippen LogP contribution in [0.4, 0.5) is 26.3 Å². The van der Waals surface area contributed by atoms with Crippen molar-refractivity contribution in [3.8, 4) is 50.6 Å². The molecule has 3 aliphatic rings. The molecule has 78 heavy (non-hydrogen) atoms. The summed E-state index contributed by atoms with van der Waals surface area (Å²) in [5.74, 6) is -1.10. The fourth-order valence-electron chi connectivity index (χ4n) is 12.5. The molecular formula is C69H84F6O3. The van der Waals surface area contributed by atoms with Crippen molar-refractivity contribution in [3.63, 3.8) is 0 Å². The van der Waals surface area contributed by atoms with Crippen molar-refractivity contribution in [1.82, 2.24) is 0 Å². The molecule has 0 saturated heterocycles. The molecule has 0 unspecified atom stereocenters. The number of hydrogen-bond acceptors (Lipinski definition) is 3. The summed E-state index contributed by atoms with van der Waals surface area (Å²) in [5, 5.41) is 0. The Balaban J connectivity index is 0.000000170. The number of hydrogen-bond donors (Lipinski definition) is 0. The fraction of sp³-hybridized carbons (Fsp3) is 0.478. The molecule has 0 N–H and O–H groups in total. The van der Waals surface area contributed by atoms with E-state index in [0.717, 1.165) is 17.8 Å². The summed E-state index contributed by atoms with van der Waals surface area (Å²) < 4.78 is 99.2. The summed E-state index contributed by atoms with van der Waals surface area (Å²) in [7, 11) is 4.01. The van der Waals surface area contributed by atoms with Gasteiger partial charge in [-0.15, -0.1) is 0 Å². The Hall–Kier alpha value is -5.70. The van der Waals surface area contributed by atoms with E-state index in [2.05, 4.69) is 57.2 Å². The third-order valence-corrected chi connectivity index (χ3v) is 17.3. The van der Waals surface area contributed by atoms with Crippen LogP contribution in [0.3, 0.4) is 0 Å². The van der Waals surface area contributed by atoms with Crippen LogP contribution in [0.2, 0.25) is 0 Å². The molecule has 6 aromatic carbocycles. The standard InChI is InChI=1S/C24H30F2O.C23H28F2O.C22H26F2O/c1-3-4-5-6-17-7-9-18(10-8-17)19-11-13-20(14-12-19)21-15-16-22(27-2)24(26)23(21)25;1-3-4-5-16-6-8-17(9-7-16)18-10-12-19(13-11-18)20-14-15-21(26-2)23(25)22(20)24;1-3-4-15-5-7-16(8-6-15)17-9-11-18(12-10-17)19-13-14-20(25-2)22(24)21(19)23/h11-18H,3-10H2,1-2H3;10-17H,3-9H2,1-2H3;9-16H,3-8H2,1-2H3. The van der Waals surface area contributed by atoms with Gasteiger partial charge in [0.2, 0.25) is 17.5 Å². The zero-order valence-corrected chi connectivity index (χ0v) is 47.2. The molecule has 0 heterocycles. The van der Waals surface area contributed by atoms with Crippen molar-refractivity contribution in [1.29, 1.82) is 0 Å². The van der Waals surface area contributed by atoms with Crippen molar-refractivity contribution < 1.29 is 40.6 Å². The van der Waals surface area contributed by atoms with E-state index >= 15 is 0 Å². The first-order valence-electron chi connectivity index (χ1n) is 29.3. The van der Waals surface area contributed by atoms with Crippen molar-refractivity contribution in [3.05, 3.63) is 161 Å². The zero-order chi connectivity index (χ0) is 55.6. The predicted molar refractivity (Wildman–Crippen MR) is 308 cm³/mol. The van der Waals surface area contributed by atoms with Gasteiger partial charge in [-0.3, -0.25) is 0 Å². The Kier molecular flexibility index (Phi) is 23.1. The lowest BCUT2D eigenvalue weighted by atomic mass is 9.77. The molecule has 6 aromatic rings. The summed E-state index contributed by atoms with van der Waals surface area (Å²) in [6, 6.07) is 33.0. The Morgan fingerprint density at radius 3 is 0.859 bits per heavy atom. The first-order valence-corrected chi connectivity index (χ1v) is 29.3. The molecule has 0 bridgehead atoms. The topological polar surface area (TPSA) is 27.7 Å². The van der Waals surface area contributed by atoms with Crippen molar-refractivity contribution in [2.24, 2.45) is 17.8 Å². The maximum atomic E-state index is 14.3. The quantitative estimate of drug-likeness (QED) is 0.0634. The van der Waals surface area contributed by atoms with Gasteiger partial charge in [-0.1, -0.05) is 151 Å². The van der Waals surface area contributed by atoms with E-state index in [-0.39, 0.29) is 33.9 Å². The van der Waals surface area contributed by atoms with E-state index in [1.807, 2.05) is 36.4 Å².